The highest BCUT2D eigenvalue weighted by molar-refractivity contribution is 5.99. The quantitative estimate of drug-likeness (QED) is 0.732. The Morgan fingerprint density at radius 2 is 2.30 bits per heavy atom. The van der Waals surface area contributed by atoms with Gasteiger partial charge in [-0.15, -0.1) is 5.10 Å². The van der Waals surface area contributed by atoms with Gasteiger partial charge in [-0.05, 0) is 25.0 Å². The van der Waals surface area contributed by atoms with Crippen molar-refractivity contribution in [2.24, 2.45) is 0 Å². The highest BCUT2D eigenvalue weighted by atomic mass is 16.5. The van der Waals surface area contributed by atoms with Crippen LogP contribution in [0.3, 0.4) is 0 Å². The van der Waals surface area contributed by atoms with Crippen LogP contribution in [0.4, 0.5) is 0 Å². The van der Waals surface area contributed by atoms with Crippen LogP contribution in [0.25, 0.3) is 16.6 Å². The molecule has 3 heterocycles. The predicted octanol–water partition coefficient (Wildman–Crippen LogP) is 0.480. The van der Waals surface area contributed by atoms with Crippen molar-refractivity contribution < 1.29 is 9.53 Å². The van der Waals surface area contributed by atoms with Gasteiger partial charge in [0, 0.05) is 13.2 Å². The number of benzene rings is 1. The summed E-state index contributed by atoms with van der Waals surface area (Å²) in [4.78, 5) is 27.4. The van der Waals surface area contributed by atoms with E-state index < -0.39 is 11.5 Å². The first-order chi connectivity index (χ1) is 11.2. The van der Waals surface area contributed by atoms with Crippen molar-refractivity contribution in [2.75, 3.05) is 13.2 Å². The molecule has 8 heteroatoms. The Morgan fingerprint density at radius 1 is 1.43 bits per heavy atom. The molecule has 0 saturated carbocycles. The summed E-state index contributed by atoms with van der Waals surface area (Å²) in [6.07, 6.45) is 1.95. The lowest BCUT2D eigenvalue weighted by Crippen LogP contribution is -2.32. The molecular formula is C15H15N5O3. The molecule has 0 aliphatic carbocycles. The van der Waals surface area contributed by atoms with E-state index in [0.717, 1.165) is 19.4 Å². The summed E-state index contributed by atoms with van der Waals surface area (Å²) >= 11 is 0. The molecule has 1 aromatic carbocycles. The first-order valence-corrected chi connectivity index (χ1v) is 7.50. The van der Waals surface area contributed by atoms with Crippen molar-refractivity contribution in [1.29, 1.82) is 0 Å². The average molecular weight is 313 g/mol. The molecule has 0 radical (unpaired) electrons. The number of para-hydroxylation sites is 2. The first-order valence-electron chi connectivity index (χ1n) is 7.50. The Bertz CT molecular complexity index is 939. The molecule has 1 aliphatic rings. The highest BCUT2D eigenvalue weighted by Gasteiger charge is 2.21. The van der Waals surface area contributed by atoms with E-state index in [1.54, 1.807) is 12.1 Å². The van der Waals surface area contributed by atoms with Gasteiger partial charge in [-0.25, -0.2) is 4.52 Å². The van der Waals surface area contributed by atoms with Gasteiger partial charge in [-0.3, -0.25) is 9.59 Å². The summed E-state index contributed by atoms with van der Waals surface area (Å²) in [6, 6.07) is 7.23. The third kappa shape index (κ3) is 2.36. The minimum Gasteiger partial charge on any atom is -0.376 e. The third-order valence-corrected chi connectivity index (χ3v) is 4.00. The predicted molar refractivity (Wildman–Crippen MR) is 82.4 cm³/mol. The molecule has 1 fully saturated rings. The van der Waals surface area contributed by atoms with E-state index in [4.69, 9.17) is 4.74 Å². The zero-order valence-electron chi connectivity index (χ0n) is 12.3. The summed E-state index contributed by atoms with van der Waals surface area (Å²) in [6.45, 7) is 1.13. The molecule has 2 aromatic heterocycles. The molecule has 0 unspecified atom stereocenters. The fourth-order valence-electron chi connectivity index (χ4n) is 2.85. The van der Waals surface area contributed by atoms with E-state index in [1.807, 2.05) is 12.1 Å². The van der Waals surface area contributed by atoms with Gasteiger partial charge in [0.2, 0.25) is 0 Å². The Balaban J connectivity index is 1.71. The third-order valence-electron chi connectivity index (χ3n) is 4.00. The maximum atomic E-state index is 12.3. The number of aromatic nitrogens is 4. The maximum Gasteiger partial charge on any atom is 0.277 e. The van der Waals surface area contributed by atoms with Crippen LogP contribution in [-0.4, -0.2) is 45.0 Å². The van der Waals surface area contributed by atoms with Gasteiger partial charge < -0.3 is 15.0 Å². The van der Waals surface area contributed by atoms with E-state index in [9.17, 15) is 9.59 Å². The molecule has 1 atom stereocenters. The van der Waals surface area contributed by atoms with E-state index in [-0.39, 0.29) is 17.3 Å². The number of hydrogen-bond acceptors (Lipinski definition) is 5. The number of carbonyl (C=O) groups excluding carboxylic acids is 1. The molecule has 2 N–H and O–H groups in total. The van der Waals surface area contributed by atoms with Gasteiger partial charge in [0.15, 0.2) is 11.2 Å². The van der Waals surface area contributed by atoms with Crippen LogP contribution in [-0.2, 0) is 4.74 Å². The van der Waals surface area contributed by atoms with Gasteiger partial charge in [0.1, 0.15) is 0 Å². The number of carbonyl (C=O) groups is 1. The summed E-state index contributed by atoms with van der Waals surface area (Å²) < 4.78 is 6.86. The molecule has 1 saturated heterocycles. The molecule has 118 valence electrons. The van der Waals surface area contributed by atoms with Crippen molar-refractivity contribution in [2.45, 2.75) is 18.9 Å². The van der Waals surface area contributed by atoms with Crippen molar-refractivity contribution >= 4 is 22.5 Å². The number of fused-ring (bicyclic) bond motifs is 3. The van der Waals surface area contributed by atoms with E-state index in [2.05, 4.69) is 20.6 Å². The van der Waals surface area contributed by atoms with Gasteiger partial charge in [-0.2, -0.15) is 0 Å². The van der Waals surface area contributed by atoms with E-state index in [0.29, 0.717) is 17.6 Å². The number of rotatable bonds is 3. The van der Waals surface area contributed by atoms with Crippen molar-refractivity contribution in [3.63, 3.8) is 0 Å². The number of amides is 1. The van der Waals surface area contributed by atoms with Crippen LogP contribution in [0.15, 0.2) is 29.1 Å². The smallest absolute Gasteiger partial charge is 0.277 e. The number of nitrogens with one attached hydrogen (secondary N) is 2. The fourth-order valence-corrected chi connectivity index (χ4v) is 2.85. The summed E-state index contributed by atoms with van der Waals surface area (Å²) in [5.41, 5.74) is 1.11. The molecule has 3 aromatic rings. The summed E-state index contributed by atoms with van der Waals surface area (Å²) in [5, 5.41) is 10.6. The zero-order chi connectivity index (χ0) is 15.8. The van der Waals surface area contributed by atoms with Crippen molar-refractivity contribution in [3.8, 4) is 0 Å². The number of hydrogen-bond donors (Lipinski definition) is 2. The first kappa shape index (κ1) is 13.9. The van der Waals surface area contributed by atoms with Crippen LogP contribution in [0.1, 0.15) is 23.3 Å². The van der Waals surface area contributed by atoms with Crippen LogP contribution < -0.4 is 10.9 Å². The number of aromatic amines is 1. The topological polar surface area (TPSA) is 101 Å². The van der Waals surface area contributed by atoms with Gasteiger partial charge >= 0.3 is 0 Å². The lowest BCUT2D eigenvalue weighted by molar-refractivity contribution is 0.0855. The molecule has 0 spiro atoms. The van der Waals surface area contributed by atoms with Gasteiger partial charge in [0.05, 0.1) is 17.1 Å². The second-order valence-electron chi connectivity index (χ2n) is 5.51. The standard InChI is InChI=1S/C15H15N5O3/c21-14(16-8-9-4-3-7-23-9)12-13-15(22)17-10-5-1-2-6-11(10)20(13)19-18-12/h1-2,5-6,9H,3-4,7-8H2,(H,16,21)(H,17,22)/t9-/m1/s1. The monoisotopic (exact) mass is 313 g/mol. The number of ether oxygens (including phenoxy) is 1. The van der Waals surface area contributed by atoms with Gasteiger partial charge in [-0.1, -0.05) is 17.3 Å². The van der Waals surface area contributed by atoms with Crippen LogP contribution in [0, 0.1) is 0 Å². The minimum atomic E-state index is -0.420. The molecule has 4 rings (SSSR count). The SMILES string of the molecule is O=C(NC[C@H]1CCCO1)c1nnn2c1c(=O)[nH]c1ccccc12. The van der Waals surface area contributed by atoms with E-state index in [1.165, 1.54) is 4.52 Å². The van der Waals surface area contributed by atoms with E-state index >= 15 is 0 Å². The van der Waals surface area contributed by atoms with Gasteiger partial charge in [0.25, 0.3) is 11.5 Å². The Morgan fingerprint density at radius 3 is 3.13 bits per heavy atom. The molecule has 0 bridgehead atoms. The van der Waals surface area contributed by atoms with Crippen LogP contribution in [0.2, 0.25) is 0 Å². The lowest BCUT2D eigenvalue weighted by atomic mass is 10.2. The second kappa shape index (κ2) is 5.47. The normalized spacial score (nSPS) is 17.8. The molecular weight excluding hydrogens is 298 g/mol. The number of nitrogens with zero attached hydrogens (tertiary/aromatic N) is 3. The Hall–Kier alpha value is -2.74. The Labute approximate surface area is 130 Å². The minimum absolute atomic E-state index is 0.0231. The Kier molecular flexibility index (Phi) is 3.30. The lowest BCUT2D eigenvalue weighted by Gasteiger charge is -2.09. The fraction of sp³-hybridized carbons (Fsp3) is 0.333. The van der Waals surface area contributed by atoms with Crippen molar-refractivity contribution in [3.05, 3.63) is 40.3 Å². The van der Waals surface area contributed by atoms with Crippen molar-refractivity contribution in [1.82, 2.24) is 25.1 Å². The molecule has 1 amide bonds. The molecule has 8 nitrogen and oxygen atoms in total. The van der Waals surface area contributed by atoms with Crippen LogP contribution in [0.5, 0.6) is 0 Å². The average Bonchev–Trinajstić information content (AvgIpc) is 3.22. The number of H-pyrrole nitrogens is 1. The maximum absolute atomic E-state index is 12.3. The largest absolute Gasteiger partial charge is 0.376 e. The molecule has 23 heavy (non-hydrogen) atoms. The summed E-state index contributed by atoms with van der Waals surface area (Å²) in [7, 11) is 0. The molecule has 1 aliphatic heterocycles. The summed E-state index contributed by atoms with van der Waals surface area (Å²) in [5.74, 6) is -0.420. The zero-order valence-corrected chi connectivity index (χ0v) is 12.3. The van der Waals surface area contributed by atoms with Crippen LogP contribution >= 0.6 is 0 Å². The second-order valence-corrected chi connectivity index (χ2v) is 5.51. The highest BCUT2D eigenvalue weighted by Crippen LogP contribution is 2.13.